The highest BCUT2D eigenvalue weighted by atomic mass is 32.1. The number of hydroxylamine groups is 1. The van der Waals surface area contributed by atoms with E-state index in [4.69, 9.17) is 4.84 Å². The maximum absolute atomic E-state index is 11.5. The van der Waals surface area contributed by atoms with Crippen LogP contribution in [0, 0.1) is 0 Å². The summed E-state index contributed by atoms with van der Waals surface area (Å²) in [7, 11) is 0. The fraction of sp³-hybridized carbons (Fsp3) is 0.222. The molecule has 2 aromatic heterocycles. The number of hydrogen-bond donors (Lipinski definition) is 1. The van der Waals surface area contributed by atoms with Gasteiger partial charge < -0.3 is 0 Å². The average molecular weight is 227 g/mol. The Balaban J connectivity index is 2.18. The van der Waals surface area contributed by atoms with Crippen LogP contribution in [0.4, 0.5) is 0 Å². The first-order valence-electron chi connectivity index (χ1n) is 4.20. The van der Waals surface area contributed by atoms with Gasteiger partial charge in [0, 0.05) is 9.40 Å². The van der Waals surface area contributed by atoms with Crippen molar-refractivity contribution in [1.29, 1.82) is 0 Å². The van der Waals surface area contributed by atoms with Crippen molar-refractivity contribution in [2.45, 2.75) is 6.92 Å². The summed E-state index contributed by atoms with van der Waals surface area (Å²) in [6.45, 7) is 2.30. The van der Waals surface area contributed by atoms with Crippen LogP contribution in [0.3, 0.4) is 0 Å². The fourth-order valence-electron chi connectivity index (χ4n) is 1.07. The molecule has 1 N–H and O–H groups in total. The molecular formula is C9H9NO2S2. The quantitative estimate of drug-likeness (QED) is 0.819. The van der Waals surface area contributed by atoms with E-state index in [9.17, 15) is 4.79 Å². The first-order chi connectivity index (χ1) is 6.81. The zero-order valence-corrected chi connectivity index (χ0v) is 9.21. The minimum atomic E-state index is -0.166. The third-order valence-electron chi connectivity index (χ3n) is 1.67. The van der Waals surface area contributed by atoms with Crippen molar-refractivity contribution in [3.8, 4) is 0 Å². The summed E-state index contributed by atoms with van der Waals surface area (Å²) in [6, 6.07) is 3.90. The molecule has 0 aliphatic rings. The largest absolute Gasteiger partial charge is 0.284 e. The molecule has 1 amide bonds. The summed E-state index contributed by atoms with van der Waals surface area (Å²) in [5, 5.41) is 2.02. The van der Waals surface area contributed by atoms with Gasteiger partial charge in [-0.25, -0.2) is 5.48 Å². The molecule has 0 fully saturated rings. The number of nitrogens with one attached hydrogen (secondary N) is 1. The van der Waals surface area contributed by atoms with Crippen molar-refractivity contribution in [1.82, 2.24) is 5.48 Å². The molecule has 0 aromatic carbocycles. The van der Waals surface area contributed by atoms with Gasteiger partial charge >= 0.3 is 0 Å². The molecule has 0 aliphatic carbocycles. The number of amides is 1. The van der Waals surface area contributed by atoms with Gasteiger partial charge in [0.1, 0.15) is 0 Å². The number of hydrogen-bond acceptors (Lipinski definition) is 4. The molecule has 0 aliphatic heterocycles. The van der Waals surface area contributed by atoms with Crippen LogP contribution in [-0.2, 0) is 4.84 Å². The van der Waals surface area contributed by atoms with E-state index in [1.165, 1.54) is 11.3 Å². The summed E-state index contributed by atoms with van der Waals surface area (Å²) >= 11 is 3.12. The third kappa shape index (κ3) is 1.79. The molecule has 3 nitrogen and oxygen atoms in total. The summed E-state index contributed by atoms with van der Waals surface area (Å²) in [6.07, 6.45) is 0. The average Bonchev–Trinajstić information content (AvgIpc) is 2.72. The minimum absolute atomic E-state index is 0.166. The number of carbonyl (C=O) groups is 1. The lowest BCUT2D eigenvalue weighted by molar-refractivity contribution is 0.0368. The first-order valence-corrected chi connectivity index (χ1v) is 5.90. The molecule has 0 saturated heterocycles. The zero-order chi connectivity index (χ0) is 9.97. The van der Waals surface area contributed by atoms with Gasteiger partial charge in [-0.15, -0.1) is 22.7 Å². The van der Waals surface area contributed by atoms with Crippen molar-refractivity contribution in [2.75, 3.05) is 6.61 Å². The van der Waals surface area contributed by atoms with Crippen molar-refractivity contribution >= 4 is 38.0 Å². The Bertz CT molecular complexity index is 418. The van der Waals surface area contributed by atoms with Crippen LogP contribution in [0.1, 0.15) is 16.6 Å². The minimum Gasteiger partial charge on any atom is -0.274 e. The second kappa shape index (κ2) is 4.08. The van der Waals surface area contributed by atoms with E-state index in [-0.39, 0.29) is 5.91 Å². The Labute approximate surface area is 89.3 Å². The number of thiophene rings is 2. The lowest BCUT2D eigenvalue weighted by Gasteiger charge is -1.99. The summed E-state index contributed by atoms with van der Waals surface area (Å²) < 4.78 is 2.30. The van der Waals surface area contributed by atoms with E-state index in [1.54, 1.807) is 11.3 Å². The lowest BCUT2D eigenvalue weighted by atomic mass is 10.4. The molecule has 0 saturated carbocycles. The summed E-state index contributed by atoms with van der Waals surface area (Å²) in [5.41, 5.74) is 2.38. The van der Waals surface area contributed by atoms with Gasteiger partial charge in [-0.05, 0) is 24.4 Å². The summed E-state index contributed by atoms with van der Waals surface area (Å²) in [4.78, 5) is 17.0. The van der Waals surface area contributed by atoms with Crippen LogP contribution < -0.4 is 5.48 Å². The van der Waals surface area contributed by atoms with Crippen LogP contribution in [0.2, 0.25) is 0 Å². The van der Waals surface area contributed by atoms with Crippen LogP contribution in [0.15, 0.2) is 17.5 Å². The van der Waals surface area contributed by atoms with E-state index >= 15 is 0 Å². The lowest BCUT2D eigenvalue weighted by Crippen LogP contribution is -2.22. The maximum atomic E-state index is 11.5. The van der Waals surface area contributed by atoms with Crippen molar-refractivity contribution in [3.63, 3.8) is 0 Å². The third-order valence-corrected chi connectivity index (χ3v) is 3.76. The van der Waals surface area contributed by atoms with Gasteiger partial charge in [-0.1, -0.05) is 0 Å². The van der Waals surface area contributed by atoms with E-state index in [2.05, 4.69) is 5.48 Å². The first kappa shape index (κ1) is 9.64. The molecule has 2 heterocycles. The smallest absolute Gasteiger partial charge is 0.274 e. The van der Waals surface area contributed by atoms with Gasteiger partial charge in [0.15, 0.2) is 0 Å². The van der Waals surface area contributed by atoms with Gasteiger partial charge in [-0.2, -0.15) is 0 Å². The predicted octanol–water partition coefficient (Wildman–Crippen LogP) is 2.64. The molecule has 5 heteroatoms. The van der Waals surface area contributed by atoms with Gasteiger partial charge in [0.25, 0.3) is 5.91 Å². The Morgan fingerprint density at radius 1 is 1.57 bits per heavy atom. The standard InChI is InChI=1S/C9H9NO2S2/c1-2-12-10-9(11)8-5-7-6(14-8)3-4-13-7/h3-5H,2H2,1H3,(H,10,11). The predicted molar refractivity (Wildman–Crippen MR) is 58.8 cm³/mol. The molecule has 2 aromatic rings. The van der Waals surface area contributed by atoms with Crippen LogP contribution >= 0.6 is 22.7 Å². The van der Waals surface area contributed by atoms with Crippen molar-refractivity contribution in [3.05, 3.63) is 22.4 Å². The highest BCUT2D eigenvalue weighted by Crippen LogP contribution is 2.29. The van der Waals surface area contributed by atoms with Crippen molar-refractivity contribution in [2.24, 2.45) is 0 Å². The van der Waals surface area contributed by atoms with E-state index in [0.29, 0.717) is 11.5 Å². The number of carbonyl (C=O) groups excluding carboxylic acids is 1. The SMILES string of the molecule is CCONC(=O)c1cc2sccc2s1. The molecule has 0 atom stereocenters. The monoisotopic (exact) mass is 227 g/mol. The zero-order valence-electron chi connectivity index (χ0n) is 7.57. The van der Waals surface area contributed by atoms with E-state index in [1.807, 2.05) is 24.4 Å². The van der Waals surface area contributed by atoms with Gasteiger partial charge in [0.2, 0.25) is 0 Å². The van der Waals surface area contributed by atoms with Gasteiger partial charge in [-0.3, -0.25) is 9.63 Å². The Morgan fingerprint density at radius 3 is 3.14 bits per heavy atom. The Hall–Kier alpha value is -0.910. The molecule has 74 valence electrons. The van der Waals surface area contributed by atoms with E-state index < -0.39 is 0 Å². The molecule has 0 spiro atoms. The highest BCUT2D eigenvalue weighted by Gasteiger charge is 2.10. The topological polar surface area (TPSA) is 38.3 Å². The molecule has 0 bridgehead atoms. The molecule has 0 unspecified atom stereocenters. The van der Waals surface area contributed by atoms with E-state index in [0.717, 1.165) is 9.40 Å². The normalized spacial score (nSPS) is 10.6. The van der Waals surface area contributed by atoms with Crippen LogP contribution in [0.5, 0.6) is 0 Å². The molecular weight excluding hydrogens is 218 g/mol. The van der Waals surface area contributed by atoms with Crippen molar-refractivity contribution < 1.29 is 9.63 Å². The molecule has 0 radical (unpaired) electrons. The second-order valence-electron chi connectivity index (χ2n) is 2.62. The van der Waals surface area contributed by atoms with Crippen LogP contribution in [0.25, 0.3) is 9.40 Å². The maximum Gasteiger partial charge on any atom is 0.284 e. The van der Waals surface area contributed by atoms with Crippen LogP contribution in [-0.4, -0.2) is 12.5 Å². The number of fused-ring (bicyclic) bond motifs is 1. The van der Waals surface area contributed by atoms with Gasteiger partial charge in [0.05, 0.1) is 11.5 Å². The molecule has 14 heavy (non-hydrogen) atoms. The highest BCUT2D eigenvalue weighted by molar-refractivity contribution is 7.27. The summed E-state index contributed by atoms with van der Waals surface area (Å²) in [5.74, 6) is -0.166. The second-order valence-corrected chi connectivity index (χ2v) is 4.66. The fourth-order valence-corrected chi connectivity index (χ4v) is 3.06. The Kier molecular flexibility index (Phi) is 2.81. The number of rotatable bonds is 3. The molecule has 2 rings (SSSR count). The Morgan fingerprint density at radius 2 is 2.43 bits per heavy atom.